The van der Waals surface area contributed by atoms with Crippen LogP contribution in [0.5, 0.6) is 11.5 Å². The molecule has 0 amide bonds. The van der Waals surface area contributed by atoms with E-state index in [9.17, 15) is 5.11 Å². The predicted molar refractivity (Wildman–Crippen MR) is 95.4 cm³/mol. The Hall–Kier alpha value is -1.61. The first-order chi connectivity index (χ1) is 10.9. The van der Waals surface area contributed by atoms with Crippen LogP contribution in [0.15, 0.2) is 18.2 Å². The van der Waals surface area contributed by atoms with E-state index in [1.54, 1.807) is 0 Å². The minimum Gasteiger partial charge on any atom is -0.507 e. The molecule has 2 heterocycles. The predicted octanol–water partition coefficient (Wildman–Crippen LogP) is 4.42. The van der Waals surface area contributed by atoms with E-state index in [0.29, 0.717) is 18.2 Å². The lowest BCUT2D eigenvalue weighted by molar-refractivity contribution is 0.360. The maximum absolute atomic E-state index is 10.6. The Labute approximate surface area is 141 Å². The van der Waals surface area contributed by atoms with Crippen molar-refractivity contribution in [3.63, 3.8) is 0 Å². The number of anilines is 1. The van der Waals surface area contributed by atoms with Gasteiger partial charge in [-0.25, -0.2) is 0 Å². The summed E-state index contributed by atoms with van der Waals surface area (Å²) in [4.78, 5) is 2.35. The normalized spacial score (nSPS) is 19.8. The lowest BCUT2D eigenvalue weighted by atomic mass is 9.93. The molecule has 0 aliphatic carbocycles. The molecule has 1 N–H and O–H groups in total. The number of phenols is 1. The molecule has 1 unspecified atom stereocenters. The third kappa shape index (κ3) is 2.09. The highest BCUT2D eigenvalue weighted by Gasteiger charge is 2.37. The first-order valence-electron chi connectivity index (χ1n) is 8.19. The van der Waals surface area contributed by atoms with Crippen LogP contribution in [-0.2, 0) is 6.42 Å². The van der Waals surface area contributed by atoms with Gasteiger partial charge in [0.05, 0.1) is 6.61 Å². The molecule has 2 aromatic rings. The lowest BCUT2D eigenvalue weighted by Gasteiger charge is -2.35. The summed E-state index contributed by atoms with van der Waals surface area (Å²) >= 11 is 6.31. The lowest BCUT2D eigenvalue weighted by Crippen LogP contribution is -2.40. The Kier molecular flexibility index (Phi) is 3.21. The van der Waals surface area contributed by atoms with Gasteiger partial charge in [0, 0.05) is 52.8 Å². The van der Waals surface area contributed by atoms with Crippen molar-refractivity contribution < 1.29 is 9.84 Å². The molecular weight excluding hydrogens is 310 g/mol. The standard InChI is InChI=1S/C19H22ClNO2/c1-19(2,3)21-10-12(9-20)16-14(21)8-15(22)13-5-4-11-6-7-23-18(11)17(13)16/h4-5,8,12,22H,6-7,9-10H2,1-3H3. The van der Waals surface area contributed by atoms with E-state index in [1.807, 2.05) is 12.1 Å². The van der Waals surface area contributed by atoms with E-state index in [0.717, 1.165) is 35.2 Å². The highest BCUT2D eigenvalue weighted by atomic mass is 35.5. The second-order valence-corrected chi connectivity index (χ2v) is 7.84. The summed E-state index contributed by atoms with van der Waals surface area (Å²) in [5, 5.41) is 12.5. The van der Waals surface area contributed by atoms with Crippen LogP contribution in [0.2, 0.25) is 0 Å². The Morgan fingerprint density at radius 3 is 2.83 bits per heavy atom. The maximum atomic E-state index is 10.6. The topological polar surface area (TPSA) is 32.7 Å². The zero-order valence-electron chi connectivity index (χ0n) is 13.8. The number of nitrogens with zero attached hydrogens (tertiary/aromatic N) is 1. The van der Waals surface area contributed by atoms with E-state index in [1.165, 1.54) is 11.1 Å². The molecule has 0 aromatic heterocycles. The molecule has 23 heavy (non-hydrogen) atoms. The fourth-order valence-electron chi connectivity index (χ4n) is 3.95. The minimum atomic E-state index is -0.0194. The summed E-state index contributed by atoms with van der Waals surface area (Å²) in [6, 6.07) is 5.99. The maximum Gasteiger partial charge on any atom is 0.130 e. The van der Waals surface area contributed by atoms with Crippen molar-refractivity contribution in [1.82, 2.24) is 0 Å². The number of ether oxygens (including phenoxy) is 1. The molecule has 0 saturated carbocycles. The SMILES string of the molecule is CC(C)(C)N1CC(CCl)c2c1cc(O)c1ccc3c(c21)OCC3. The van der Waals surface area contributed by atoms with Crippen LogP contribution in [0.4, 0.5) is 5.69 Å². The van der Waals surface area contributed by atoms with Crippen molar-refractivity contribution >= 4 is 28.1 Å². The summed E-state index contributed by atoms with van der Waals surface area (Å²) in [5.74, 6) is 2.09. The van der Waals surface area contributed by atoms with Gasteiger partial charge in [0.15, 0.2) is 0 Å². The van der Waals surface area contributed by atoms with Gasteiger partial charge in [0.1, 0.15) is 11.5 Å². The van der Waals surface area contributed by atoms with Crippen LogP contribution >= 0.6 is 11.6 Å². The van der Waals surface area contributed by atoms with Crippen molar-refractivity contribution in [1.29, 1.82) is 0 Å². The van der Waals surface area contributed by atoms with Crippen LogP contribution in [0, 0.1) is 0 Å². The van der Waals surface area contributed by atoms with Gasteiger partial charge in [-0.05, 0) is 31.9 Å². The number of halogens is 1. The molecule has 0 saturated heterocycles. The van der Waals surface area contributed by atoms with Gasteiger partial charge in [0.25, 0.3) is 0 Å². The average molecular weight is 332 g/mol. The molecule has 0 radical (unpaired) electrons. The Bertz CT molecular complexity index is 794. The molecule has 122 valence electrons. The Balaban J connectivity index is 2.08. The molecule has 0 fully saturated rings. The van der Waals surface area contributed by atoms with Crippen LogP contribution in [0.3, 0.4) is 0 Å². The van der Waals surface area contributed by atoms with E-state index in [2.05, 4.69) is 31.7 Å². The van der Waals surface area contributed by atoms with Gasteiger partial charge in [-0.3, -0.25) is 0 Å². The van der Waals surface area contributed by atoms with Crippen molar-refractivity contribution in [2.45, 2.75) is 38.6 Å². The van der Waals surface area contributed by atoms with Gasteiger partial charge in [-0.15, -0.1) is 11.6 Å². The van der Waals surface area contributed by atoms with E-state index in [4.69, 9.17) is 16.3 Å². The fraction of sp³-hybridized carbons (Fsp3) is 0.474. The van der Waals surface area contributed by atoms with Gasteiger partial charge >= 0.3 is 0 Å². The molecular formula is C19H22ClNO2. The van der Waals surface area contributed by atoms with E-state index in [-0.39, 0.29) is 11.5 Å². The molecule has 2 aliphatic rings. The highest BCUT2D eigenvalue weighted by Crippen LogP contribution is 2.51. The number of hydrogen-bond acceptors (Lipinski definition) is 3. The number of alkyl halides is 1. The average Bonchev–Trinajstić information content (AvgIpc) is 3.09. The van der Waals surface area contributed by atoms with Crippen molar-refractivity contribution in [2.75, 3.05) is 23.9 Å². The van der Waals surface area contributed by atoms with Gasteiger partial charge < -0.3 is 14.7 Å². The summed E-state index contributed by atoms with van der Waals surface area (Å²) in [6.07, 6.45) is 0.935. The van der Waals surface area contributed by atoms with E-state index < -0.39 is 0 Å². The Morgan fingerprint density at radius 2 is 2.13 bits per heavy atom. The zero-order valence-corrected chi connectivity index (χ0v) is 14.6. The van der Waals surface area contributed by atoms with Crippen LogP contribution < -0.4 is 9.64 Å². The molecule has 2 aromatic carbocycles. The minimum absolute atomic E-state index is 0.0194. The van der Waals surface area contributed by atoms with Crippen molar-refractivity contribution in [3.8, 4) is 11.5 Å². The molecule has 4 rings (SSSR count). The molecule has 0 bridgehead atoms. The number of phenolic OH excluding ortho intramolecular Hbond substituents is 1. The van der Waals surface area contributed by atoms with Crippen LogP contribution in [0.1, 0.15) is 37.8 Å². The van der Waals surface area contributed by atoms with Crippen LogP contribution in [-0.4, -0.2) is 29.7 Å². The second kappa shape index (κ2) is 4.94. The molecule has 2 aliphatic heterocycles. The van der Waals surface area contributed by atoms with Crippen molar-refractivity contribution in [3.05, 3.63) is 29.3 Å². The monoisotopic (exact) mass is 331 g/mol. The first-order valence-corrected chi connectivity index (χ1v) is 8.73. The number of benzene rings is 2. The summed E-state index contributed by atoms with van der Waals surface area (Å²) in [6.45, 7) is 8.18. The van der Waals surface area contributed by atoms with Gasteiger partial charge in [-0.1, -0.05) is 12.1 Å². The molecule has 1 atom stereocenters. The number of hydrogen-bond donors (Lipinski definition) is 1. The second-order valence-electron chi connectivity index (χ2n) is 7.54. The third-order valence-electron chi connectivity index (χ3n) is 5.05. The summed E-state index contributed by atoms with van der Waals surface area (Å²) in [5.41, 5.74) is 3.54. The fourth-order valence-corrected chi connectivity index (χ4v) is 4.20. The number of rotatable bonds is 1. The summed E-state index contributed by atoms with van der Waals surface area (Å²) in [7, 11) is 0. The third-order valence-corrected chi connectivity index (χ3v) is 5.42. The molecule has 4 heteroatoms. The zero-order chi connectivity index (χ0) is 16.4. The van der Waals surface area contributed by atoms with Gasteiger partial charge in [-0.2, -0.15) is 0 Å². The van der Waals surface area contributed by atoms with Gasteiger partial charge in [0.2, 0.25) is 0 Å². The van der Waals surface area contributed by atoms with E-state index >= 15 is 0 Å². The van der Waals surface area contributed by atoms with Crippen LogP contribution in [0.25, 0.3) is 10.8 Å². The highest BCUT2D eigenvalue weighted by molar-refractivity contribution is 6.19. The summed E-state index contributed by atoms with van der Waals surface area (Å²) < 4.78 is 5.93. The largest absolute Gasteiger partial charge is 0.507 e. The first kappa shape index (κ1) is 14.9. The molecule has 3 nitrogen and oxygen atoms in total. The number of fused-ring (bicyclic) bond motifs is 5. The Morgan fingerprint density at radius 1 is 1.35 bits per heavy atom. The smallest absolute Gasteiger partial charge is 0.130 e. The van der Waals surface area contributed by atoms with Crippen molar-refractivity contribution in [2.24, 2.45) is 0 Å². The quantitative estimate of drug-likeness (QED) is 0.785. The number of aromatic hydroxyl groups is 1. The molecule has 0 spiro atoms.